The molecule has 2 amide bonds. The number of carbonyl (C=O) groups is 2. The van der Waals surface area contributed by atoms with Crippen molar-refractivity contribution in [1.29, 1.82) is 0 Å². The first kappa shape index (κ1) is 30.4. The SMILES string of the molecule is C[C@H](C(=O)NC1CCCC1)N(Cc1ccc(Br)cc1)C(=O)CN(c1cc(Cl)ccc1Cl)S(=O)(=O)c1ccccc1. The van der Waals surface area contributed by atoms with E-state index in [0.29, 0.717) is 0 Å². The number of sulfonamides is 1. The Labute approximate surface area is 253 Å². The van der Waals surface area contributed by atoms with Gasteiger partial charge in [-0.05, 0) is 67.8 Å². The fourth-order valence-corrected chi connectivity index (χ4v) is 6.82. The molecule has 0 spiro atoms. The van der Waals surface area contributed by atoms with Crippen LogP contribution in [0.1, 0.15) is 38.2 Å². The molecule has 1 aliphatic rings. The number of nitrogens with zero attached hydrogens (tertiary/aromatic N) is 2. The zero-order valence-electron chi connectivity index (χ0n) is 21.9. The quantitative estimate of drug-likeness (QED) is 0.270. The van der Waals surface area contributed by atoms with Gasteiger partial charge in [-0.2, -0.15) is 0 Å². The van der Waals surface area contributed by atoms with Gasteiger partial charge in [0.1, 0.15) is 12.6 Å². The van der Waals surface area contributed by atoms with Crippen molar-refractivity contribution in [1.82, 2.24) is 10.2 Å². The van der Waals surface area contributed by atoms with Crippen LogP contribution in [0.2, 0.25) is 10.0 Å². The molecule has 1 N–H and O–H groups in total. The number of rotatable bonds is 10. The van der Waals surface area contributed by atoms with Gasteiger partial charge < -0.3 is 10.2 Å². The van der Waals surface area contributed by atoms with Gasteiger partial charge in [-0.1, -0.05) is 82.3 Å². The van der Waals surface area contributed by atoms with Crippen molar-refractivity contribution in [2.75, 3.05) is 10.8 Å². The molecule has 1 fully saturated rings. The van der Waals surface area contributed by atoms with Crippen molar-refractivity contribution in [3.8, 4) is 0 Å². The maximum Gasteiger partial charge on any atom is 0.264 e. The number of nitrogens with one attached hydrogen (secondary N) is 1. The third-order valence-electron chi connectivity index (χ3n) is 6.92. The Bertz CT molecular complexity index is 1450. The minimum atomic E-state index is -4.23. The van der Waals surface area contributed by atoms with Crippen LogP contribution in [0.25, 0.3) is 0 Å². The fraction of sp³-hybridized carbons (Fsp3) is 0.310. The van der Waals surface area contributed by atoms with Crippen LogP contribution in [0.3, 0.4) is 0 Å². The van der Waals surface area contributed by atoms with Crippen LogP contribution in [0.15, 0.2) is 82.2 Å². The Hall–Kier alpha value is -2.59. The number of hydrogen-bond acceptors (Lipinski definition) is 4. The molecule has 0 heterocycles. The summed E-state index contributed by atoms with van der Waals surface area (Å²) in [5.41, 5.74) is 0.855. The zero-order chi connectivity index (χ0) is 28.9. The minimum absolute atomic E-state index is 0.00896. The van der Waals surface area contributed by atoms with Gasteiger partial charge in [0.05, 0.1) is 15.6 Å². The lowest BCUT2D eigenvalue weighted by Gasteiger charge is -2.32. The smallest absolute Gasteiger partial charge is 0.264 e. The second-order valence-electron chi connectivity index (χ2n) is 9.73. The van der Waals surface area contributed by atoms with Gasteiger partial charge in [-0.25, -0.2) is 8.42 Å². The average Bonchev–Trinajstić information content (AvgIpc) is 3.45. The molecule has 1 atom stereocenters. The van der Waals surface area contributed by atoms with Crippen molar-refractivity contribution in [2.24, 2.45) is 0 Å². The van der Waals surface area contributed by atoms with E-state index in [4.69, 9.17) is 23.2 Å². The molecule has 0 aromatic heterocycles. The number of carbonyl (C=O) groups excluding carboxylic acids is 2. The molecule has 0 saturated heterocycles. The van der Waals surface area contributed by atoms with E-state index in [2.05, 4.69) is 21.2 Å². The topological polar surface area (TPSA) is 86.8 Å². The van der Waals surface area contributed by atoms with Gasteiger partial charge in [-0.15, -0.1) is 0 Å². The Morgan fingerprint density at radius 3 is 2.30 bits per heavy atom. The molecular formula is C29H30BrCl2N3O4S. The van der Waals surface area contributed by atoms with Crippen molar-refractivity contribution >= 4 is 66.7 Å². The summed E-state index contributed by atoms with van der Waals surface area (Å²) in [5.74, 6) is -0.844. The summed E-state index contributed by atoms with van der Waals surface area (Å²) < 4.78 is 29.5. The molecule has 212 valence electrons. The third kappa shape index (κ3) is 7.37. The molecule has 0 aliphatic heterocycles. The summed E-state index contributed by atoms with van der Waals surface area (Å²) in [6, 6.07) is 18.8. The van der Waals surface area contributed by atoms with E-state index in [1.165, 1.54) is 35.2 Å². The molecule has 1 aliphatic carbocycles. The monoisotopic (exact) mass is 665 g/mol. The summed E-state index contributed by atoms with van der Waals surface area (Å²) in [4.78, 5) is 28.7. The van der Waals surface area contributed by atoms with Gasteiger partial charge >= 0.3 is 0 Å². The van der Waals surface area contributed by atoms with Crippen LogP contribution in [0, 0.1) is 0 Å². The summed E-state index contributed by atoms with van der Waals surface area (Å²) >= 11 is 16.1. The number of halogens is 3. The van der Waals surface area contributed by atoms with E-state index in [0.717, 1.165) is 40.0 Å². The van der Waals surface area contributed by atoms with Crippen molar-refractivity contribution in [3.05, 3.63) is 92.9 Å². The number of hydrogen-bond donors (Lipinski definition) is 1. The summed E-state index contributed by atoms with van der Waals surface area (Å²) in [6.07, 6.45) is 3.89. The van der Waals surface area contributed by atoms with Gasteiger partial charge in [0, 0.05) is 22.1 Å². The second kappa shape index (κ2) is 13.4. The molecule has 1 saturated carbocycles. The van der Waals surface area contributed by atoms with Crippen LogP contribution in [-0.4, -0.2) is 43.8 Å². The normalized spacial score (nSPS) is 14.5. The zero-order valence-corrected chi connectivity index (χ0v) is 25.8. The van der Waals surface area contributed by atoms with Crippen LogP contribution < -0.4 is 9.62 Å². The fourth-order valence-electron chi connectivity index (χ4n) is 4.67. The summed E-state index contributed by atoms with van der Waals surface area (Å²) in [7, 11) is -4.23. The Morgan fingerprint density at radius 1 is 1.00 bits per heavy atom. The van der Waals surface area contributed by atoms with E-state index in [-0.39, 0.29) is 39.1 Å². The second-order valence-corrected chi connectivity index (χ2v) is 13.4. The highest BCUT2D eigenvalue weighted by molar-refractivity contribution is 9.10. The van der Waals surface area contributed by atoms with E-state index in [1.54, 1.807) is 25.1 Å². The van der Waals surface area contributed by atoms with Crippen molar-refractivity contribution in [3.63, 3.8) is 0 Å². The Kier molecular flexibility index (Phi) is 10.2. The first-order valence-electron chi connectivity index (χ1n) is 12.9. The molecular weight excluding hydrogens is 637 g/mol. The van der Waals surface area contributed by atoms with Crippen LogP contribution in [-0.2, 0) is 26.2 Å². The van der Waals surface area contributed by atoms with Gasteiger partial charge in [0.2, 0.25) is 11.8 Å². The van der Waals surface area contributed by atoms with Crippen LogP contribution >= 0.6 is 39.1 Å². The largest absolute Gasteiger partial charge is 0.352 e. The molecule has 0 unspecified atom stereocenters. The lowest BCUT2D eigenvalue weighted by Crippen LogP contribution is -2.52. The van der Waals surface area contributed by atoms with Crippen molar-refractivity contribution < 1.29 is 18.0 Å². The number of anilines is 1. The van der Waals surface area contributed by atoms with E-state index < -0.39 is 28.5 Å². The van der Waals surface area contributed by atoms with Gasteiger partial charge in [0.25, 0.3) is 10.0 Å². The molecule has 3 aromatic carbocycles. The molecule has 0 bridgehead atoms. The first-order chi connectivity index (χ1) is 19.1. The molecule has 0 radical (unpaired) electrons. The van der Waals surface area contributed by atoms with Crippen LogP contribution in [0.4, 0.5) is 5.69 Å². The summed E-state index contributed by atoms with van der Waals surface area (Å²) in [5, 5.41) is 3.43. The molecule has 40 heavy (non-hydrogen) atoms. The third-order valence-corrected chi connectivity index (χ3v) is 9.78. The van der Waals surface area contributed by atoms with Gasteiger partial charge in [-0.3, -0.25) is 13.9 Å². The van der Waals surface area contributed by atoms with Gasteiger partial charge in [0.15, 0.2) is 0 Å². The highest BCUT2D eigenvalue weighted by atomic mass is 79.9. The highest BCUT2D eigenvalue weighted by Gasteiger charge is 2.34. The number of benzene rings is 3. The molecule has 3 aromatic rings. The predicted molar refractivity (Wildman–Crippen MR) is 162 cm³/mol. The lowest BCUT2D eigenvalue weighted by atomic mass is 10.1. The Morgan fingerprint density at radius 2 is 1.65 bits per heavy atom. The minimum Gasteiger partial charge on any atom is -0.352 e. The maximum atomic E-state index is 14.0. The summed E-state index contributed by atoms with van der Waals surface area (Å²) in [6.45, 7) is 1.17. The molecule has 11 heteroatoms. The lowest BCUT2D eigenvalue weighted by molar-refractivity contribution is -0.139. The van der Waals surface area contributed by atoms with Crippen LogP contribution in [0.5, 0.6) is 0 Å². The van der Waals surface area contributed by atoms with E-state index >= 15 is 0 Å². The van der Waals surface area contributed by atoms with E-state index in [9.17, 15) is 18.0 Å². The standard InChI is InChI=1S/C29H30BrCl2N3O4S/c1-20(29(37)33-24-7-5-6-8-24)34(18-21-11-13-22(30)14-12-21)28(36)19-35(27-17-23(31)15-16-26(27)32)40(38,39)25-9-3-2-4-10-25/h2-4,9-17,20,24H,5-8,18-19H2,1H3,(H,33,37)/t20-/m1/s1. The van der Waals surface area contributed by atoms with Crippen molar-refractivity contribution in [2.45, 2.75) is 56.1 Å². The maximum absolute atomic E-state index is 14.0. The predicted octanol–water partition coefficient (Wildman–Crippen LogP) is 6.43. The van der Waals surface area contributed by atoms with E-state index in [1.807, 2.05) is 24.3 Å². The highest BCUT2D eigenvalue weighted by Crippen LogP contribution is 2.33. The first-order valence-corrected chi connectivity index (χ1v) is 15.9. The Balaban J connectivity index is 1.70. The average molecular weight is 667 g/mol. The molecule has 7 nitrogen and oxygen atoms in total. The number of amides is 2. The molecule has 4 rings (SSSR count).